The monoisotopic (exact) mass is 695 g/mol. The zero-order valence-electron chi connectivity index (χ0n) is 29.8. The van der Waals surface area contributed by atoms with E-state index in [0.29, 0.717) is 26.4 Å². The maximum absolute atomic E-state index is 13.5. The molecule has 5 atom stereocenters. The minimum atomic E-state index is -0.826. The number of nitrogens with one attached hydrogen (secondary N) is 1. The van der Waals surface area contributed by atoms with Crippen LogP contribution in [-0.2, 0) is 54.8 Å². The number of benzene rings is 4. The van der Waals surface area contributed by atoms with Gasteiger partial charge in [0.1, 0.15) is 31.0 Å². The van der Waals surface area contributed by atoms with Crippen molar-refractivity contribution in [1.29, 1.82) is 0 Å². The molecule has 8 heteroatoms. The van der Waals surface area contributed by atoms with Gasteiger partial charge in [-0.25, -0.2) is 4.79 Å². The van der Waals surface area contributed by atoms with E-state index in [1.54, 1.807) is 0 Å². The number of carbonyl (C=O) groups excluding carboxylic acids is 1. The zero-order chi connectivity index (χ0) is 35.4. The lowest BCUT2D eigenvalue weighted by molar-refractivity contribution is -0.290. The van der Waals surface area contributed by atoms with Gasteiger partial charge in [-0.2, -0.15) is 0 Å². The van der Waals surface area contributed by atoms with Crippen molar-refractivity contribution in [3.05, 3.63) is 144 Å². The van der Waals surface area contributed by atoms with Crippen molar-refractivity contribution in [1.82, 2.24) is 5.32 Å². The summed E-state index contributed by atoms with van der Waals surface area (Å²) in [5.41, 5.74) is 3.96. The minimum absolute atomic E-state index is 0.128. The third-order valence-electron chi connectivity index (χ3n) is 8.89. The summed E-state index contributed by atoms with van der Waals surface area (Å²) in [6, 6.07) is 38.9. The van der Waals surface area contributed by atoms with Crippen molar-refractivity contribution in [2.45, 2.75) is 103 Å². The lowest BCUT2D eigenvalue weighted by Crippen LogP contribution is -2.66. The van der Waals surface area contributed by atoms with E-state index in [-0.39, 0.29) is 13.2 Å². The molecule has 0 radical (unpaired) electrons. The molecule has 4 aromatic carbocycles. The summed E-state index contributed by atoms with van der Waals surface area (Å²) in [5, 5.41) is 3.07. The van der Waals surface area contributed by atoms with Gasteiger partial charge in [-0.15, -0.1) is 0 Å². The molecule has 0 saturated carbocycles. The molecule has 5 rings (SSSR count). The molecule has 0 spiro atoms. The first-order chi connectivity index (χ1) is 25.2. The molecule has 0 unspecified atom stereocenters. The van der Waals surface area contributed by atoms with E-state index in [2.05, 4.69) is 12.2 Å². The molecule has 1 saturated heterocycles. The van der Waals surface area contributed by atoms with Crippen LogP contribution in [0.25, 0.3) is 0 Å². The fraction of sp³-hybridized carbons (Fsp3) is 0.419. The van der Waals surface area contributed by atoms with Crippen LogP contribution < -0.4 is 5.32 Å². The Balaban J connectivity index is 1.38. The fourth-order valence-corrected chi connectivity index (χ4v) is 6.12. The third-order valence-corrected chi connectivity index (χ3v) is 8.89. The normalized spacial score (nSPS) is 20.1. The Bertz CT molecular complexity index is 1490. The number of rotatable bonds is 21. The first kappa shape index (κ1) is 38.2. The average molecular weight is 696 g/mol. The van der Waals surface area contributed by atoms with Gasteiger partial charge >= 0.3 is 6.09 Å². The van der Waals surface area contributed by atoms with E-state index in [1.807, 2.05) is 121 Å². The fourth-order valence-electron chi connectivity index (χ4n) is 6.12. The maximum atomic E-state index is 13.5. The molecule has 272 valence electrons. The molecule has 1 aliphatic rings. The largest absolute Gasteiger partial charge is 0.445 e. The summed E-state index contributed by atoms with van der Waals surface area (Å²) in [6.45, 7) is 4.10. The molecule has 4 aromatic rings. The van der Waals surface area contributed by atoms with Crippen LogP contribution in [0.15, 0.2) is 121 Å². The van der Waals surface area contributed by atoms with Crippen molar-refractivity contribution in [2.75, 3.05) is 13.2 Å². The first-order valence-electron chi connectivity index (χ1n) is 18.4. The van der Waals surface area contributed by atoms with E-state index in [0.717, 1.165) is 41.5 Å². The van der Waals surface area contributed by atoms with E-state index in [4.69, 9.17) is 28.4 Å². The Morgan fingerprint density at radius 2 is 1.08 bits per heavy atom. The molecule has 1 N–H and O–H groups in total. The van der Waals surface area contributed by atoms with Crippen molar-refractivity contribution in [2.24, 2.45) is 0 Å². The van der Waals surface area contributed by atoms with Crippen LogP contribution in [0.1, 0.15) is 67.7 Å². The van der Waals surface area contributed by atoms with Gasteiger partial charge in [-0.05, 0) is 28.7 Å². The second kappa shape index (κ2) is 22.0. The van der Waals surface area contributed by atoms with Gasteiger partial charge < -0.3 is 33.7 Å². The highest BCUT2D eigenvalue weighted by molar-refractivity contribution is 5.67. The highest BCUT2D eigenvalue weighted by Crippen LogP contribution is 2.30. The van der Waals surface area contributed by atoms with Crippen molar-refractivity contribution >= 4 is 6.09 Å². The molecular weight excluding hydrogens is 642 g/mol. The van der Waals surface area contributed by atoms with Gasteiger partial charge in [0.25, 0.3) is 0 Å². The van der Waals surface area contributed by atoms with Crippen LogP contribution in [0.4, 0.5) is 4.79 Å². The van der Waals surface area contributed by atoms with Crippen molar-refractivity contribution in [3.8, 4) is 0 Å². The third kappa shape index (κ3) is 13.2. The molecule has 51 heavy (non-hydrogen) atoms. The average Bonchev–Trinajstić information content (AvgIpc) is 3.18. The zero-order valence-corrected chi connectivity index (χ0v) is 29.8. The SMILES string of the molecule is CCCCCCCCO[C@H]1O[C@H](COCc2ccccc2)[C@@H](OCc2ccccc2)[C@H](OCc2ccccc2)[C@H]1NC(=O)OCc1ccccc1. The second-order valence-electron chi connectivity index (χ2n) is 12.9. The van der Waals surface area contributed by atoms with Crippen LogP contribution in [-0.4, -0.2) is 50.0 Å². The van der Waals surface area contributed by atoms with Crippen molar-refractivity contribution in [3.63, 3.8) is 0 Å². The van der Waals surface area contributed by atoms with E-state index in [9.17, 15) is 4.79 Å². The molecule has 0 aliphatic carbocycles. The molecular formula is C43H53NO7. The molecule has 1 amide bonds. The van der Waals surface area contributed by atoms with Crippen molar-refractivity contribution < 1.29 is 33.2 Å². The Morgan fingerprint density at radius 3 is 1.65 bits per heavy atom. The number of amides is 1. The number of carbonyl (C=O) groups is 1. The number of unbranched alkanes of at least 4 members (excludes halogenated alkanes) is 5. The Labute approximate surface area is 303 Å². The van der Waals surface area contributed by atoms with Crippen LogP contribution in [0, 0.1) is 0 Å². The summed E-state index contributed by atoms with van der Waals surface area (Å²) in [6.07, 6.45) is 3.51. The first-order valence-corrected chi connectivity index (χ1v) is 18.4. The van der Waals surface area contributed by atoms with Gasteiger partial charge in [0.05, 0.1) is 26.4 Å². The Hall–Kier alpha value is -4.05. The van der Waals surface area contributed by atoms with Crippen LogP contribution >= 0.6 is 0 Å². The highest BCUT2D eigenvalue weighted by Gasteiger charge is 2.49. The van der Waals surface area contributed by atoms with E-state index in [1.165, 1.54) is 19.3 Å². The predicted octanol–water partition coefficient (Wildman–Crippen LogP) is 8.77. The van der Waals surface area contributed by atoms with E-state index >= 15 is 0 Å². The summed E-state index contributed by atoms with van der Waals surface area (Å²) in [5.74, 6) is 0. The number of ether oxygens (including phenoxy) is 6. The lowest BCUT2D eigenvalue weighted by atomic mass is 9.96. The van der Waals surface area contributed by atoms with Gasteiger partial charge in [-0.1, -0.05) is 160 Å². The Morgan fingerprint density at radius 1 is 0.588 bits per heavy atom. The highest BCUT2D eigenvalue weighted by atomic mass is 16.7. The summed E-state index contributed by atoms with van der Waals surface area (Å²) < 4.78 is 38.5. The van der Waals surface area contributed by atoms with Gasteiger partial charge in [0.2, 0.25) is 0 Å². The number of hydrogen-bond acceptors (Lipinski definition) is 7. The van der Waals surface area contributed by atoms with Gasteiger partial charge in [0, 0.05) is 6.61 Å². The quantitative estimate of drug-likeness (QED) is 0.0873. The molecule has 0 bridgehead atoms. The van der Waals surface area contributed by atoms with E-state index < -0.39 is 36.7 Å². The number of alkyl carbamates (subject to hydrolysis) is 1. The second-order valence-corrected chi connectivity index (χ2v) is 12.9. The minimum Gasteiger partial charge on any atom is -0.445 e. The molecule has 1 aliphatic heterocycles. The standard InChI is InChI=1S/C43H53NO7/c1-2-3-4-5-6-19-28-47-42-39(44-43(45)50-32-37-26-17-10-18-27-37)41(49-31-36-24-15-9-16-25-36)40(48-30-35-22-13-8-14-23-35)38(51-42)33-46-29-34-20-11-7-12-21-34/h7-18,20-27,38-42H,2-6,19,28-33H2,1H3,(H,44,45)/t38-,39-,40-,41-,42+/m1/s1. The maximum Gasteiger partial charge on any atom is 0.407 e. The Kier molecular flexibility index (Phi) is 16.5. The molecule has 1 fully saturated rings. The topological polar surface area (TPSA) is 84.5 Å². The molecule has 8 nitrogen and oxygen atoms in total. The number of hydrogen-bond donors (Lipinski definition) is 1. The summed E-state index contributed by atoms with van der Waals surface area (Å²) in [7, 11) is 0. The smallest absolute Gasteiger partial charge is 0.407 e. The van der Waals surface area contributed by atoms with Crippen LogP contribution in [0.5, 0.6) is 0 Å². The molecule has 0 aromatic heterocycles. The predicted molar refractivity (Wildman–Crippen MR) is 198 cm³/mol. The summed E-state index contributed by atoms with van der Waals surface area (Å²) >= 11 is 0. The van der Waals surface area contributed by atoms with Gasteiger partial charge in [-0.3, -0.25) is 0 Å². The van der Waals surface area contributed by atoms with Gasteiger partial charge in [0.15, 0.2) is 6.29 Å². The van der Waals surface area contributed by atoms with Crippen LogP contribution in [0.2, 0.25) is 0 Å². The lowest BCUT2D eigenvalue weighted by Gasteiger charge is -2.46. The molecule has 1 heterocycles. The summed E-state index contributed by atoms with van der Waals surface area (Å²) in [4.78, 5) is 13.5. The van der Waals surface area contributed by atoms with Crippen LogP contribution in [0.3, 0.4) is 0 Å².